The lowest BCUT2D eigenvalue weighted by Crippen LogP contribution is -2.21. The van der Waals surface area contributed by atoms with Crippen molar-refractivity contribution in [2.75, 3.05) is 11.9 Å². The molecule has 2 rings (SSSR count). The third-order valence-electron chi connectivity index (χ3n) is 4.07. The molecule has 0 aliphatic rings. The topological polar surface area (TPSA) is 55.4 Å². The van der Waals surface area contributed by atoms with Crippen LogP contribution in [-0.4, -0.2) is 18.5 Å². The molecule has 0 fully saturated rings. The molecule has 0 saturated carbocycles. The molecule has 126 valence electrons. The number of hydrogen-bond acceptors (Lipinski definition) is 3. The van der Waals surface area contributed by atoms with Crippen molar-refractivity contribution in [3.05, 3.63) is 64.2 Å². The summed E-state index contributed by atoms with van der Waals surface area (Å²) in [5.74, 6) is -0.750. The Morgan fingerprint density at radius 3 is 2.12 bits per heavy atom. The van der Waals surface area contributed by atoms with Gasteiger partial charge in [-0.25, -0.2) is 0 Å². The summed E-state index contributed by atoms with van der Waals surface area (Å²) in [6.45, 7) is 7.73. The first-order valence-electron chi connectivity index (χ1n) is 7.94. The summed E-state index contributed by atoms with van der Waals surface area (Å²) in [4.78, 5) is 23.7. The van der Waals surface area contributed by atoms with Crippen LogP contribution in [0.1, 0.15) is 27.8 Å². The SMILES string of the molecule is Cc1ccc(CC(=O)OCC(=O)Nc2ccc(C)c(C)c2)cc1C. The van der Waals surface area contributed by atoms with Crippen LogP contribution in [0.4, 0.5) is 5.69 Å². The lowest BCUT2D eigenvalue weighted by atomic mass is 10.0. The molecule has 0 saturated heterocycles. The average molecular weight is 325 g/mol. The van der Waals surface area contributed by atoms with Crippen LogP contribution in [0.5, 0.6) is 0 Å². The van der Waals surface area contributed by atoms with Crippen LogP contribution in [-0.2, 0) is 20.7 Å². The summed E-state index contributed by atoms with van der Waals surface area (Å²) in [6, 6.07) is 11.5. The van der Waals surface area contributed by atoms with Gasteiger partial charge in [-0.1, -0.05) is 24.3 Å². The summed E-state index contributed by atoms with van der Waals surface area (Å²) in [5.41, 5.74) is 6.16. The number of amides is 1. The van der Waals surface area contributed by atoms with E-state index in [0.717, 1.165) is 22.3 Å². The number of esters is 1. The zero-order chi connectivity index (χ0) is 17.7. The zero-order valence-corrected chi connectivity index (χ0v) is 14.6. The molecule has 1 amide bonds. The van der Waals surface area contributed by atoms with Gasteiger partial charge in [0.05, 0.1) is 6.42 Å². The minimum absolute atomic E-state index is 0.165. The second-order valence-corrected chi connectivity index (χ2v) is 6.10. The van der Waals surface area contributed by atoms with E-state index in [1.807, 2.05) is 64.1 Å². The molecule has 0 unspecified atom stereocenters. The predicted octanol–water partition coefficient (Wildman–Crippen LogP) is 3.64. The Morgan fingerprint density at radius 2 is 1.50 bits per heavy atom. The predicted molar refractivity (Wildman–Crippen MR) is 95.1 cm³/mol. The molecule has 0 radical (unpaired) electrons. The van der Waals surface area contributed by atoms with Crippen molar-refractivity contribution in [1.29, 1.82) is 0 Å². The number of aryl methyl sites for hydroxylation is 4. The quantitative estimate of drug-likeness (QED) is 0.854. The van der Waals surface area contributed by atoms with Crippen LogP contribution in [0, 0.1) is 27.7 Å². The van der Waals surface area contributed by atoms with Gasteiger partial charge in [0.2, 0.25) is 0 Å². The molecule has 0 aromatic heterocycles. The number of nitrogens with one attached hydrogen (secondary N) is 1. The first-order valence-corrected chi connectivity index (χ1v) is 7.94. The Balaban J connectivity index is 1.83. The number of rotatable bonds is 5. The van der Waals surface area contributed by atoms with Gasteiger partial charge in [0.15, 0.2) is 6.61 Å². The van der Waals surface area contributed by atoms with E-state index >= 15 is 0 Å². The fraction of sp³-hybridized carbons (Fsp3) is 0.300. The number of anilines is 1. The number of benzene rings is 2. The van der Waals surface area contributed by atoms with E-state index in [1.54, 1.807) is 0 Å². The lowest BCUT2D eigenvalue weighted by molar-refractivity contribution is -0.146. The van der Waals surface area contributed by atoms with Crippen molar-refractivity contribution >= 4 is 17.6 Å². The van der Waals surface area contributed by atoms with Crippen molar-refractivity contribution in [3.63, 3.8) is 0 Å². The van der Waals surface area contributed by atoms with E-state index < -0.39 is 5.97 Å². The molecule has 2 aromatic rings. The smallest absolute Gasteiger partial charge is 0.310 e. The van der Waals surface area contributed by atoms with Crippen molar-refractivity contribution in [3.8, 4) is 0 Å². The number of ether oxygens (including phenoxy) is 1. The highest BCUT2D eigenvalue weighted by Crippen LogP contribution is 2.14. The van der Waals surface area contributed by atoms with Crippen LogP contribution in [0.3, 0.4) is 0 Å². The molecule has 0 aliphatic carbocycles. The van der Waals surface area contributed by atoms with Gasteiger partial charge >= 0.3 is 5.97 Å². The number of carbonyl (C=O) groups excluding carboxylic acids is 2. The van der Waals surface area contributed by atoms with Gasteiger partial charge in [0, 0.05) is 5.69 Å². The maximum Gasteiger partial charge on any atom is 0.310 e. The summed E-state index contributed by atoms with van der Waals surface area (Å²) in [6.07, 6.45) is 0.165. The van der Waals surface area contributed by atoms with Gasteiger partial charge in [-0.05, 0) is 67.6 Å². The van der Waals surface area contributed by atoms with Crippen LogP contribution < -0.4 is 5.32 Å². The Bertz CT molecular complexity index is 700. The average Bonchev–Trinajstić information content (AvgIpc) is 2.53. The van der Waals surface area contributed by atoms with Gasteiger partial charge in [0.1, 0.15) is 0 Å². The minimum atomic E-state index is -0.409. The van der Waals surface area contributed by atoms with E-state index in [9.17, 15) is 9.59 Å². The normalized spacial score (nSPS) is 10.3. The Hall–Kier alpha value is -2.62. The molecule has 0 spiro atoms. The molecule has 4 heteroatoms. The van der Waals surface area contributed by atoms with E-state index in [1.165, 1.54) is 5.56 Å². The summed E-state index contributed by atoms with van der Waals surface area (Å²) >= 11 is 0. The van der Waals surface area contributed by atoms with Crippen LogP contribution in [0.25, 0.3) is 0 Å². The molecular formula is C20H23NO3. The summed E-state index contributed by atoms with van der Waals surface area (Å²) in [7, 11) is 0. The van der Waals surface area contributed by atoms with Crippen molar-refractivity contribution in [2.24, 2.45) is 0 Å². The standard InChI is InChI=1S/C20H23NO3/c1-13-5-7-17(9-15(13)3)11-20(23)24-12-19(22)21-18-8-6-14(2)16(4)10-18/h5-10H,11-12H2,1-4H3,(H,21,22). The van der Waals surface area contributed by atoms with E-state index in [2.05, 4.69) is 5.32 Å². The fourth-order valence-corrected chi connectivity index (χ4v) is 2.29. The maximum absolute atomic E-state index is 11.9. The minimum Gasteiger partial charge on any atom is -0.455 e. The maximum atomic E-state index is 11.9. The largest absolute Gasteiger partial charge is 0.455 e. The van der Waals surface area contributed by atoms with Gasteiger partial charge in [0.25, 0.3) is 5.91 Å². The van der Waals surface area contributed by atoms with E-state index in [0.29, 0.717) is 5.69 Å². The third kappa shape index (κ3) is 4.95. The molecule has 0 aliphatic heterocycles. The second-order valence-electron chi connectivity index (χ2n) is 6.10. The fourth-order valence-electron chi connectivity index (χ4n) is 2.29. The molecular weight excluding hydrogens is 302 g/mol. The van der Waals surface area contributed by atoms with Crippen LogP contribution >= 0.6 is 0 Å². The first-order chi connectivity index (χ1) is 11.3. The van der Waals surface area contributed by atoms with Gasteiger partial charge in [-0.3, -0.25) is 9.59 Å². The Morgan fingerprint density at radius 1 is 0.875 bits per heavy atom. The molecule has 0 bridgehead atoms. The highest BCUT2D eigenvalue weighted by Gasteiger charge is 2.10. The Labute approximate surface area is 142 Å². The Kier molecular flexibility index (Phi) is 5.74. The van der Waals surface area contributed by atoms with E-state index in [4.69, 9.17) is 4.74 Å². The number of carbonyl (C=O) groups is 2. The van der Waals surface area contributed by atoms with E-state index in [-0.39, 0.29) is 18.9 Å². The third-order valence-corrected chi connectivity index (χ3v) is 4.07. The molecule has 2 aromatic carbocycles. The van der Waals surface area contributed by atoms with Crippen molar-refractivity contribution in [2.45, 2.75) is 34.1 Å². The van der Waals surface area contributed by atoms with Crippen molar-refractivity contribution in [1.82, 2.24) is 0 Å². The molecule has 1 N–H and O–H groups in total. The van der Waals surface area contributed by atoms with Crippen molar-refractivity contribution < 1.29 is 14.3 Å². The molecule has 24 heavy (non-hydrogen) atoms. The molecule has 4 nitrogen and oxygen atoms in total. The summed E-state index contributed by atoms with van der Waals surface area (Å²) in [5, 5.41) is 2.73. The first kappa shape index (κ1) is 17.7. The molecule has 0 atom stereocenters. The summed E-state index contributed by atoms with van der Waals surface area (Å²) < 4.78 is 5.05. The van der Waals surface area contributed by atoms with Crippen LogP contribution in [0.2, 0.25) is 0 Å². The number of hydrogen-bond donors (Lipinski definition) is 1. The van der Waals surface area contributed by atoms with Gasteiger partial charge in [-0.2, -0.15) is 0 Å². The zero-order valence-electron chi connectivity index (χ0n) is 14.6. The lowest BCUT2D eigenvalue weighted by Gasteiger charge is -2.09. The highest BCUT2D eigenvalue weighted by molar-refractivity contribution is 5.93. The van der Waals surface area contributed by atoms with Gasteiger partial charge < -0.3 is 10.1 Å². The van der Waals surface area contributed by atoms with Gasteiger partial charge in [-0.15, -0.1) is 0 Å². The monoisotopic (exact) mass is 325 g/mol. The molecule has 0 heterocycles. The second kappa shape index (κ2) is 7.77. The van der Waals surface area contributed by atoms with Crippen LogP contribution in [0.15, 0.2) is 36.4 Å². The highest BCUT2D eigenvalue weighted by atomic mass is 16.5.